The summed E-state index contributed by atoms with van der Waals surface area (Å²) in [5.74, 6) is 0. The zero-order valence-electron chi connectivity index (χ0n) is 9.55. The Morgan fingerprint density at radius 3 is 1.78 bits per heavy atom. The van der Waals surface area contributed by atoms with Crippen LogP contribution in [0, 0.1) is 11.3 Å². The summed E-state index contributed by atoms with van der Waals surface area (Å²) in [5, 5.41) is 8.78. The molecule has 0 aliphatic rings. The first-order valence-electron chi connectivity index (χ1n) is 5.55. The second-order valence-electron chi connectivity index (χ2n) is 3.95. The smallest absolute Gasteiger partial charge is 0.0991 e. The Kier molecular flexibility index (Phi) is 4.57. The summed E-state index contributed by atoms with van der Waals surface area (Å²) < 4.78 is 0. The largest absolute Gasteiger partial charge is 0.192 e. The van der Waals surface area contributed by atoms with Gasteiger partial charge < -0.3 is 0 Å². The standard InChI is InChI=1S/C15H11Br2N/c16-14(12-4-2-1-3-5-12)15(17)13-8-6-11(10-18)7-9-13/h1-9,14-15H. The monoisotopic (exact) mass is 363 g/mol. The molecule has 0 amide bonds. The van der Waals surface area contributed by atoms with Gasteiger partial charge in [-0.2, -0.15) is 5.26 Å². The number of halogens is 2. The average molecular weight is 365 g/mol. The predicted octanol–water partition coefficient (Wildman–Crippen LogP) is 5.13. The molecular formula is C15H11Br2N. The van der Waals surface area contributed by atoms with Gasteiger partial charge >= 0.3 is 0 Å². The van der Waals surface area contributed by atoms with Crippen LogP contribution in [0.4, 0.5) is 0 Å². The van der Waals surface area contributed by atoms with Gasteiger partial charge in [-0.15, -0.1) is 0 Å². The van der Waals surface area contributed by atoms with Crippen molar-refractivity contribution < 1.29 is 0 Å². The first-order valence-corrected chi connectivity index (χ1v) is 7.38. The minimum Gasteiger partial charge on any atom is -0.192 e. The van der Waals surface area contributed by atoms with E-state index in [4.69, 9.17) is 5.26 Å². The maximum Gasteiger partial charge on any atom is 0.0991 e. The summed E-state index contributed by atoms with van der Waals surface area (Å²) in [7, 11) is 0. The predicted molar refractivity (Wildman–Crippen MR) is 80.9 cm³/mol. The lowest BCUT2D eigenvalue weighted by Gasteiger charge is -2.17. The van der Waals surface area contributed by atoms with Gasteiger partial charge in [0.25, 0.3) is 0 Å². The van der Waals surface area contributed by atoms with Crippen molar-refractivity contribution in [3.05, 3.63) is 71.3 Å². The van der Waals surface area contributed by atoms with E-state index in [1.54, 1.807) is 0 Å². The van der Waals surface area contributed by atoms with Crippen LogP contribution in [-0.2, 0) is 0 Å². The first-order chi connectivity index (χ1) is 8.72. The van der Waals surface area contributed by atoms with Crippen LogP contribution in [0.5, 0.6) is 0 Å². The molecule has 0 radical (unpaired) electrons. The van der Waals surface area contributed by atoms with Gasteiger partial charge in [0.05, 0.1) is 21.3 Å². The minimum atomic E-state index is 0.174. The van der Waals surface area contributed by atoms with E-state index in [1.165, 1.54) is 5.56 Å². The van der Waals surface area contributed by atoms with Crippen LogP contribution in [0.15, 0.2) is 54.6 Å². The molecule has 0 bridgehead atoms. The van der Waals surface area contributed by atoms with Crippen LogP contribution >= 0.6 is 31.9 Å². The molecule has 0 fully saturated rings. The van der Waals surface area contributed by atoms with E-state index in [0.29, 0.717) is 5.56 Å². The Morgan fingerprint density at radius 2 is 1.28 bits per heavy atom. The number of hydrogen-bond acceptors (Lipinski definition) is 1. The topological polar surface area (TPSA) is 23.8 Å². The third-order valence-electron chi connectivity index (χ3n) is 2.73. The van der Waals surface area contributed by atoms with Gasteiger partial charge in [0.1, 0.15) is 0 Å². The van der Waals surface area contributed by atoms with E-state index in [-0.39, 0.29) is 9.65 Å². The summed E-state index contributed by atoms with van der Waals surface area (Å²) in [6.07, 6.45) is 0. The minimum absolute atomic E-state index is 0.174. The molecule has 2 rings (SSSR count). The molecule has 0 heterocycles. The summed E-state index contributed by atoms with van der Waals surface area (Å²) >= 11 is 7.42. The highest BCUT2D eigenvalue weighted by Gasteiger charge is 2.19. The normalized spacial score (nSPS) is 13.6. The highest BCUT2D eigenvalue weighted by molar-refractivity contribution is 9.12. The second kappa shape index (κ2) is 6.17. The number of benzene rings is 2. The molecular weight excluding hydrogens is 354 g/mol. The van der Waals surface area contributed by atoms with Crippen molar-refractivity contribution in [3.63, 3.8) is 0 Å². The Bertz CT molecular complexity index is 543. The van der Waals surface area contributed by atoms with E-state index in [1.807, 2.05) is 42.5 Å². The Hall–Kier alpha value is -1.11. The molecule has 0 N–H and O–H groups in total. The van der Waals surface area contributed by atoms with Crippen molar-refractivity contribution >= 4 is 31.9 Å². The van der Waals surface area contributed by atoms with Crippen LogP contribution in [0.25, 0.3) is 0 Å². The van der Waals surface area contributed by atoms with Crippen molar-refractivity contribution in [1.29, 1.82) is 5.26 Å². The lowest BCUT2D eigenvalue weighted by Crippen LogP contribution is -1.99. The molecule has 2 aromatic carbocycles. The molecule has 2 unspecified atom stereocenters. The Morgan fingerprint density at radius 1 is 0.778 bits per heavy atom. The number of nitriles is 1. The number of hydrogen-bond donors (Lipinski definition) is 0. The number of rotatable bonds is 3. The zero-order chi connectivity index (χ0) is 13.0. The molecule has 2 atom stereocenters. The zero-order valence-corrected chi connectivity index (χ0v) is 12.7. The molecule has 1 nitrogen and oxygen atoms in total. The van der Waals surface area contributed by atoms with Crippen molar-refractivity contribution in [1.82, 2.24) is 0 Å². The molecule has 0 aromatic heterocycles. The lowest BCUT2D eigenvalue weighted by molar-refractivity contribution is 0.938. The van der Waals surface area contributed by atoms with E-state index in [2.05, 4.69) is 50.1 Å². The Labute approximate surface area is 124 Å². The van der Waals surface area contributed by atoms with Gasteiger partial charge in [-0.1, -0.05) is 74.3 Å². The summed E-state index contributed by atoms with van der Waals surface area (Å²) in [5.41, 5.74) is 3.06. The fraction of sp³-hybridized carbons (Fsp3) is 0.133. The maximum atomic E-state index is 8.78. The van der Waals surface area contributed by atoms with Crippen molar-refractivity contribution in [2.75, 3.05) is 0 Å². The van der Waals surface area contributed by atoms with Crippen molar-refractivity contribution in [3.8, 4) is 6.07 Å². The van der Waals surface area contributed by atoms with E-state index >= 15 is 0 Å². The maximum absolute atomic E-state index is 8.78. The van der Waals surface area contributed by atoms with Crippen LogP contribution in [0.3, 0.4) is 0 Å². The summed E-state index contributed by atoms with van der Waals surface area (Å²) in [6, 6.07) is 20.0. The van der Waals surface area contributed by atoms with Gasteiger partial charge in [-0.25, -0.2) is 0 Å². The van der Waals surface area contributed by atoms with Gasteiger partial charge in [0.2, 0.25) is 0 Å². The highest BCUT2D eigenvalue weighted by Crippen LogP contribution is 2.42. The third kappa shape index (κ3) is 3.01. The fourth-order valence-corrected chi connectivity index (χ4v) is 2.94. The van der Waals surface area contributed by atoms with Crippen LogP contribution in [-0.4, -0.2) is 0 Å². The molecule has 3 heteroatoms. The van der Waals surface area contributed by atoms with E-state index < -0.39 is 0 Å². The molecule has 90 valence electrons. The molecule has 0 spiro atoms. The highest BCUT2D eigenvalue weighted by atomic mass is 79.9. The van der Waals surface area contributed by atoms with Crippen molar-refractivity contribution in [2.45, 2.75) is 9.65 Å². The fourth-order valence-electron chi connectivity index (χ4n) is 1.72. The van der Waals surface area contributed by atoms with Crippen LogP contribution in [0.2, 0.25) is 0 Å². The van der Waals surface area contributed by atoms with Crippen molar-refractivity contribution in [2.24, 2.45) is 0 Å². The second-order valence-corrected chi connectivity index (χ2v) is 5.92. The third-order valence-corrected chi connectivity index (χ3v) is 5.56. The average Bonchev–Trinajstić information content (AvgIpc) is 2.47. The van der Waals surface area contributed by atoms with Gasteiger partial charge in [-0.05, 0) is 23.3 Å². The molecule has 18 heavy (non-hydrogen) atoms. The van der Waals surface area contributed by atoms with Gasteiger partial charge in [0.15, 0.2) is 0 Å². The first kappa shape index (κ1) is 13.3. The summed E-state index contributed by atoms with van der Waals surface area (Å²) in [4.78, 5) is 0.374. The molecule has 0 aliphatic heterocycles. The van der Waals surface area contributed by atoms with E-state index in [0.717, 1.165) is 5.56 Å². The van der Waals surface area contributed by atoms with Crippen LogP contribution in [0.1, 0.15) is 26.3 Å². The molecule has 2 aromatic rings. The number of nitrogens with zero attached hydrogens (tertiary/aromatic N) is 1. The van der Waals surface area contributed by atoms with Crippen LogP contribution < -0.4 is 0 Å². The van der Waals surface area contributed by atoms with Gasteiger partial charge in [-0.3, -0.25) is 0 Å². The van der Waals surface area contributed by atoms with Gasteiger partial charge in [0, 0.05) is 0 Å². The Balaban J connectivity index is 2.20. The molecule has 0 aliphatic carbocycles. The quantitative estimate of drug-likeness (QED) is 0.692. The molecule has 0 saturated heterocycles. The molecule has 0 saturated carbocycles. The van der Waals surface area contributed by atoms with E-state index in [9.17, 15) is 0 Å². The number of alkyl halides is 2. The lowest BCUT2D eigenvalue weighted by atomic mass is 10.0. The summed E-state index contributed by atoms with van der Waals surface area (Å²) in [6.45, 7) is 0. The SMILES string of the molecule is N#Cc1ccc(C(Br)C(Br)c2ccccc2)cc1.